The van der Waals surface area contributed by atoms with Gasteiger partial charge in [0.15, 0.2) is 0 Å². The van der Waals surface area contributed by atoms with Gasteiger partial charge < -0.3 is 39.0 Å². The Morgan fingerprint density at radius 1 is 0.852 bits per heavy atom. The van der Waals surface area contributed by atoms with E-state index < -0.39 is 23.4 Å². The number of rotatable bonds is 16. The van der Waals surface area contributed by atoms with Gasteiger partial charge in [0.2, 0.25) is 0 Å². The van der Waals surface area contributed by atoms with Crippen LogP contribution in [0.2, 0.25) is 0 Å². The van der Waals surface area contributed by atoms with Crippen molar-refractivity contribution in [2.45, 2.75) is 19.4 Å². The van der Waals surface area contributed by atoms with E-state index in [2.05, 4.69) is 9.57 Å². The van der Waals surface area contributed by atoms with Crippen LogP contribution in [0.1, 0.15) is 13.3 Å². The van der Waals surface area contributed by atoms with Gasteiger partial charge >= 0.3 is 12.3 Å². The molecule has 0 heterocycles. The molecule has 27 heavy (non-hydrogen) atoms. The number of ether oxygens (including phenoxy) is 6. The zero-order chi connectivity index (χ0) is 20.3. The summed E-state index contributed by atoms with van der Waals surface area (Å²) in [6.45, 7) is 2.09. The van der Waals surface area contributed by atoms with Gasteiger partial charge in [-0.1, -0.05) is 6.92 Å². The van der Waals surface area contributed by atoms with Crippen molar-refractivity contribution in [3.8, 4) is 0 Å². The maximum Gasteiger partial charge on any atom is 0.508 e. The Hall–Kier alpha value is -2.38. The second-order valence-electron chi connectivity index (χ2n) is 4.86. The molecule has 0 spiro atoms. The highest BCUT2D eigenvalue weighted by Gasteiger charge is 2.12. The monoisotopic (exact) mass is 398 g/mol. The number of nitrogens with two attached hydrogens (primary N) is 1. The SMILES string of the molecule is CCCOCCOC(=O)OCC(N)COC(=O)OCCOCCO[N+](=O)[O-]. The van der Waals surface area contributed by atoms with E-state index in [4.69, 9.17) is 29.4 Å². The normalized spacial score (nSPS) is 11.3. The standard InChI is InChI=1S/C14H26N2O11/c1-2-3-21-4-7-23-13(17)25-10-12(15)11-26-14(18)24-8-5-22-6-9-27-16(19)20/h12H,2-11,15H2,1H3. The van der Waals surface area contributed by atoms with Crippen molar-refractivity contribution < 1.29 is 47.9 Å². The minimum atomic E-state index is -0.980. The number of hydrogen-bond donors (Lipinski definition) is 1. The smallest absolute Gasteiger partial charge is 0.432 e. The van der Waals surface area contributed by atoms with Crippen LogP contribution in [0.15, 0.2) is 0 Å². The van der Waals surface area contributed by atoms with Gasteiger partial charge in [-0.2, -0.15) is 0 Å². The van der Waals surface area contributed by atoms with Crippen molar-refractivity contribution in [2.24, 2.45) is 5.73 Å². The first-order chi connectivity index (χ1) is 13.0. The summed E-state index contributed by atoms with van der Waals surface area (Å²) in [6, 6.07) is -0.753. The van der Waals surface area contributed by atoms with Crippen LogP contribution in [-0.4, -0.2) is 82.9 Å². The summed E-state index contributed by atoms with van der Waals surface area (Å²) in [5, 5.41) is 8.92. The molecule has 0 saturated carbocycles. The second kappa shape index (κ2) is 17.1. The van der Waals surface area contributed by atoms with Gasteiger partial charge in [-0.05, 0) is 6.42 Å². The Kier molecular flexibility index (Phi) is 15.6. The van der Waals surface area contributed by atoms with Gasteiger partial charge in [0.1, 0.15) is 33.0 Å². The van der Waals surface area contributed by atoms with Crippen LogP contribution in [0.4, 0.5) is 9.59 Å². The van der Waals surface area contributed by atoms with Gasteiger partial charge in [0.25, 0.3) is 5.09 Å². The Bertz CT molecular complexity index is 422. The lowest BCUT2D eigenvalue weighted by atomic mass is 10.4. The summed E-state index contributed by atoms with van der Waals surface area (Å²) in [6.07, 6.45) is -1.01. The number of nitrogens with zero attached hydrogens (tertiary/aromatic N) is 1. The molecule has 2 N–H and O–H groups in total. The molecule has 0 aromatic heterocycles. The van der Waals surface area contributed by atoms with Crippen LogP contribution >= 0.6 is 0 Å². The number of hydrogen-bond acceptors (Lipinski definition) is 12. The van der Waals surface area contributed by atoms with Crippen molar-refractivity contribution in [3.05, 3.63) is 10.1 Å². The lowest BCUT2D eigenvalue weighted by Crippen LogP contribution is -2.34. The Morgan fingerprint density at radius 2 is 1.33 bits per heavy atom. The molecule has 0 saturated heterocycles. The Morgan fingerprint density at radius 3 is 1.81 bits per heavy atom. The molecule has 0 bridgehead atoms. The fraction of sp³-hybridized carbons (Fsp3) is 0.857. The number of carbonyl (C=O) groups is 2. The molecule has 0 fully saturated rings. The van der Waals surface area contributed by atoms with Crippen LogP contribution in [-0.2, 0) is 33.3 Å². The fourth-order valence-electron chi connectivity index (χ4n) is 1.37. The third kappa shape index (κ3) is 18.2. The van der Waals surface area contributed by atoms with E-state index in [1.165, 1.54) is 0 Å². The van der Waals surface area contributed by atoms with Crippen molar-refractivity contribution in [3.63, 3.8) is 0 Å². The van der Waals surface area contributed by atoms with E-state index in [0.717, 1.165) is 6.42 Å². The van der Waals surface area contributed by atoms with Crippen LogP contribution < -0.4 is 5.73 Å². The largest absolute Gasteiger partial charge is 0.508 e. The highest BCUT2D eigenvalue weighted by molar-refractivity contribution is 5.60. The first-order valence-electron chi connectivity index (χ1n) is 8.23. The molecular weight excluding hydrogens is 372 g/mol. The minimum Gasteiger partial charge on any atom is -0.432 e. The van der Waals surface area contributed by atoms with E-state index >= 15 is 0 Å². The maximum atomic E-state index is 11.3. The summed E-state index contributed by atoms with van der Waals surface area (Å²) in [5.74, 6) is 0. The topological polar surface area (TPSA) is 168 Å². The van der Waals surface area contributed by atoms with Crippen LogP contribution in [0.3, 0.4) is 0 Å². The fourth-order valence-corrected chi connectivity index (χ4v) is 1.37. The quantitative estimate of drug-likeness (QED) is 0.163. The summed E-state index contributed by atoms with van der Waals surface area (Å²) in [7, 11) is 0. The van der Waals surface area contributed by atoms with Gasteiger partial charge in [-0.25, -0.2) is 9.59 Å². The van der Waals surface area contributed by atoms with Gasteiger partial charge in [-0.15, -0.1) is 10.1 Å². The van der Waals surface area contributed by atoms with Gasteiger partial charge in [0.05, 0.1) is 25.9 Å². The summed E-state index contributed by atoms with van der Waals surface area (Å²) < 4.78 is 28.9. The minimum absolute atomic E-state index is 0.0130. The van der Waals surface area contributed by atoms with E-state index in [-0.39, 0.29) is 52.9 Å². The molecule has 0 rings (SSSR count). The molecule has 0 radical (unpaired) electrons. The zero-order valence-corrected chi connectivity index (χ0v) is 15.2. The molecule has 1 atom stereocenters. The predicted molar refractivity (Wildman–Crippen MR) is 87.5 cm³/mol. The molecule has 0 aromatic carbocycles. The third-order valence-electron chi connectivity index (χ3n) is 2.50. The lowest BCUT2D eigenvalue weighted by Gasteiger charge is -2.13. The molecule has 13 nitrogen and oxygen atoms in total. The molecule has 0 aliphatic rings. The molecule has 13 heteroatoms. The summed E-state index contributed by atoms with van der Waals surface area (Å²) in [4.78, 5) is 36.4. The second-order valence-corrected chi connectivity index (χ2v) is 4.86. The van der Waals surface area contributed by atoms with E-state index in [0.29, 0.717) is 6.61 Å². The maximum absolute atomic E-state index is 11.3. The average molecular weight is 398 g/mol. The van der Waals surface area contributed by atoms with Crippen molar-refractivity contribution in [2.75, 3.05) is 59.5 Å². The van der Waals surface area contributed by atoms with Crippen molar-refractivity contribution in [1.82, 2.24) is 0 Å². The van der Waals surface area contributed by atoms with E-state index in [9.17, 15) is 19.7 Å². The highest BCUT2D eigenvalue weighted by atomic mass is 17.0. The lowest BCUT2D eigenvalue weighted by molar-refractivity contribution is -0.758. The summed E-state index contributed by atoms with van der Waals surface area (Å²) in [5.41, 5.74) is 5.61. The van der Waals surface area contributed by atoms with Gasteiger partial charge in [0, 0.05) is 6.61 Å². The van der Waals surface area contributed by atoms with Crippen LogP contribution in [0, 0.1) is 10.1 Å². The van der Waals surface area contributed by atoms with Crippen LogP contribution in [0.5, 0.6) is 0 Å². The Balaban J connectivity index is 3.51. The van der Waals surface area contributed by atoms with Gasteiger partial charge in [-0.3, -0.25) is 0 Å². The summed E-state index contributed by atoms with van der Waals surface area (Å²) >= 11 is 0. The van der Waals surface area contributed by atoms with E-state index in [1.807, 2.05) is 6.92 Å². The first kappa shape index (κ1) is 24.6. The molecule has 158 valence electrons. The highest BCUT2D eigenvalue weighted by Crippen LogP contribution is 1.93. The van der Waals surface area contributed by atoms with Crippen molar-refractivity contribution >= 4 is 12.3 Å². The Labute approximate surface area is 156 Å². The molecule has 0 aliphatic carbocycles. The molecule has 0 aliphatic heterocycles. The predicted octanol–water partition coefficient (Wildman–Crippen LogP) is 0.272. The van der Waals surface area contributed by atoms with Crippen molar-refractivity contribution in [1.29, 1.82) is 0 Å². The first-order valence-corrected chi connectivity index (χ1v) is 8.23. The zero-order valence-electron chi connectivity index (χ0n) is 15.2. The molecule has 0 amide bonds. The van der Waals surface area contributed by atoms with E-state index in [1.54, 1.807) is 0 Å². The van der Waals surface area contributed by atoms with Crippen LogP contribution in [0.25, 0.3) is 0 Å². The third-order valence-corrected chi connectivity index (χ3v) is 2.50. The average Bonchev–Trinajstić information content (AvgIpc) is 2.63. The molecular formula is C14H26N2O11. The molecule has 1 unspecified atom stereocenters. The molecule has 0 aromatic rings. The number of carbonyl (C=O) groups excluding carboxylic acids is 2.